The summed E-state index contributed by atoms with van der Waals surface area (Å²) < 4.78 is 5.21. The summed E-state index contributed by atoms with van der Waals surface area (Å²) in [6.07, 6.45) is 3.90. The Morgan fingerprint density at radius 1 is 1.09 bits per heavy atom. The van der Waals surface area contributed by atoms with Crippen LogP contribution in [0.3, 0.4) is 0 Å². The largest absolute Gasteiger partial charge is 0.445 e. The third-order valence-electron chi connectivity index (χ3n) is 5.15. The number of nitriles is 1. The fourth-order valence-electron chi connectivity index (χ4n) is 3.38. The first-order chi connectivity index (χ1) is 16.8. The van der Waals surface area contributed by atoms with E-state index in [9.17, 15) is 19.7 Å². The van der Waals surface area contributed by atoms with Crippen LogP contribution in [0.5, 0.6) is 0 Å². The van der Waals surface area contributed by atoms with Crippen molar-refractivity contribution in [3.8, 4) is 6.07 Å². The zero-order valence-corrected chi connectivity index (χ0v) is 19.8. The van der Waals surface area contributed by atoms with Crippen LogP contribution in [0.25, 0.3) is 0 Å². The maximum absolute atomic E-state index is 13.0. The van der Waals surface area contributed by atoms with Crippen molar-refractivity contribution in [1.82, 2.24) is 10.6 Å². The molecule has 2 atom stereocenters. The number of benzene rings is 2. The third kappa shape index (κ3) is 10.1. The van der Waals surface area contributed by atoms with Gasteiger partial charge in [0.15, 0.2) is 0 Å². The molecule has 2 rings (SSSR count). The molecule has 9 heteroatoms. The SMILES string of the molecule is CC(C)C[C@H](NC(=O)OCc1ccc([N+](=O)[O-])cc1)C(=O)N[C@H](/C=C/C#N)CCc1ccccc1. The highest BCUT2D eigenvalue weighted by Gasteiger charge is 2.24. The Morgan fingerprint density at radius 2 is 1.77 bits per heavy atom. The lowest BCUT2D eigenvalue weighted by Gasteiger charge is -2.23. The van der Waals surface area contributed by atoms with Crippen LogP contribution in [-0.2, 0) is 22.6 Å². The Bertz CT molecular complexity index is 1050. The molecule has 0 unspecified atom stereocenters. The zero-order chi connectivity index (χ0) is 25.6. The summed E-state index contributed by atoms with van der Waals surface area (Å²) in [6, 6.07) is 16.2. The van der Waals surface area contributed by atoms with Crippen molar-refractivity contribution in [2.24, 2.45) is 5.92 Å². The minimum atomic E-state index is -0.825. The van der Waals surface area contributed by atoms with Gasteiger partial charge in [-0.15, -0.1) is 0 Å². The zero-order valence-electron chi connectivity index (χ0n) is 19.8. The smallest absolute Gasteiger partial charge is 0.408 e. The van der Waals surface area contributed by atoms with Crippen molar-refractivity contribution in [1.29, 1.82) is 5.26 Å². The van der Waals surface area contributed by atoms with Gasteiger partial charge in [0.25, 0.3) is 5.69 Å². The molecule has 0 saturated carbocycles. The maximum Gasteiger partial charge on any atom is 0.408 e. The predicted molar refractivity (Wildman–Crippen MR) is 131 cm³/mol. The number of carbonyl (C=O) groups is 2. The molecule has 0 aliphatic rings. The molecule has 35 heavy (non-hydrogen) atoms. The topological polar surface area (TPSA) is 134 Å². The summed E-state index contributed by atoms with van der Waals surface area (Å²) >= 11 is 0. The summed E-state index contributed by atoms with van der Waals surface area (Å²) in [6.45, 7) is 3.78. The van der Waals surface area contributed by atoms with Crippen molar-refractivity contribution < 1.29 is 19.2 Å². The molecule has 0 spiro atoms. The van der Waals surface area contributed by atoms with Crippen molar-refractivity contribution in [3.63, 3.8) is 0 Å². The average molecular weight is 479 g/mol. The number of carbonyl (C=O) groups excluding carboxylic acids is 2. The van der Waals surface area contributed by atoms with Gasteiger partial charge in [0.2, 0.25) is 5.91 Å². The number of hydrogen-bond donors (Lipinski definition) is 2. The third-order valence-corrected chi connectivity index (χ3v) is 5.15. The van der Waals surface area contributed by atoms with Crippen LogP contribution in [0.4, 0.5) is 10.5 Å². The number of nitro groups is 1. The van der Waals surface area contributed by atoms with Gasteiger partial charge in [-0.1, -0.05) is 50.3 Å². The number of nitro benzene ring substituents is 1. The second kappa shape index (κ2) is 14.2. The summed E-state index contributed by atoms with van der Waals surface area (Å²) in [4.78, 5) is 35.6. The van der Waals surface area contributed by atoms with Gasteiger partial charge in [0.05, 0.1) is 11.0 Å². The molecule has 2 aromatic carbocycles. The number of nitrogens with zero attached hydrogens (tertiary/aromatic N) is 2. The van der Waals surface area contributed by atoms with Gasteiger partial charge in [-0.05, 0) is 48.4 Å². The van der Waals surface area contributed by atoms with Gasteiger partial charge in [-0.2, -0.15) is 5.26 Å². The number of nitrogens with one attached hydrogen (secondary N) is 2. The molecule has 9 nitrogen and oxygen atoms in total. The number of ether oxygens (including phenoxy) is 1. The highest BCUT2D eigenvalue weighted by molar-refractivity contribution is 5.86. The molecular formula is C26H30N4O5. The van der Waals surface area contributed by atoms with Gasteiger partial charge in [0, 0.05) is 24.3 Å². The van der Waals surface area contributed by atoms with Gasteiger partial charge in [0.1, 0.15) is 12.6 Å². The van der Waals surface area contributed by atoms with E-state index in [1.807, 2.05) is 50.2 Å². The van der Waals surface area contributed by atoms with E-state index in [2.05, 4.69) is 10.6 Å². The van der Waals surface area contributed by atoms with Crippen molar-refractivity contribution in [3.05, 3.63) is 88.0 Å². The van der Waals surface area contributed by atoms with Crippen molar-refractivity contribution in [2.45, 2.75) is 51.8 Å². The highest BCUT2D eigenvalue weighted by Crippen LogP contribution is 2.13. The van der Waals surface area contributed by atoms with Gasteiger partial charge >= 0.3 is 6.09 Å². The molecule has 2 amide bonds. The Hall–Kier alpha value is -4.19. The fourth-order valence-corrected chi connectivity index (χ4v) is 3.38. The molecule has 0 aromatic heterocycles. The number of amides is 2. The monoisotopic (exact) mass is 478 g/mol. The molecule has 0 heterocycles. The predicted octanol–water partition coefficient (Wildman–Crippen LogP) is 4.43. The Morgan fingerprint density at radius 3 is 2.37 bits per heavy atom. The van der Waals surface area contributed by atoms with E-state index in [0.717, 1.165) is 5.56 Å². The molecule has 0 bridgehead atoms. The van der Waals surface area contributed by atoms with Crippen LogP contribution >= 0.6 is 0 Å². The van der Waals surface area contributed by atoms with Crippen molar-refractivity contribution >= 4 is 17.7 Å². The van der Waals surface area contributed by atoms with Crippen LogP contribution in [0.2, 0.25) is 0 Å². The van der Waals surface area contributed by atoms with E-state index in [-0.39, 0.29) is 30.2 Å². The summed E-state index contributed by atoms with van der Waals surface area (Å²) in [5.74, 6) is -0.246. The number of allylic oxidation sites excluding steroid dienone is 1. The van der Waals surface area contributed by atoms with E-state index in [1.165, 1.54) is 30.3 Å². The number of aryl methyl sites for hydroxylation is 1. The first kappa shape index (κ1) is 27.1. The minimum Gasteiger partial charge on any atom is -0.445 e. The molecular weight excluding hydrogens is 448 g/mol. The number of rotatable bonds is 12. The van der Waals surface area contributed by atoms with Crippen LogP contribution in [0, 0.1) is 27.4 Å². The molecule has 0 fully saturated rings. The van der Waals surface area contributed by atoms with Crippen LogP contribution < -0.4 is 10.6 Å². The lowest BCUT2D eigenvalue weighted by Crippen LogP contribution is -2.50. The minimum absolute atomic E-state index is 0.0564. The van der Waals surface area contributed by atoms with Gasteiger partial charge < -0.3 is 15.4 Å². The van der Waals surface area contributed by atoms with Gasteiger partial charge in [-0.25, -0.2) is 4.79 Å². The summed E-state index contributed by atoms with van der Waals surface area (Å²) in [7, 11) is 0. The molecule has 0 radical (unpaired) electrons. The molecule has 0 aliphatic heterocycles. The standard InChI is InChI=1S/C26H30N4O5/c1-19(2)17-24(29-26(32)35-18-21-11-14-23(15-12-21)30(33)34)25(31)28-22(9-6-16-27)13-10-20-7-4-3-5-8-20/h3-9,11-12,14-15,19,22,24H,10,13,17-18H2,1-2H3,(H,28,31)(H,29,32)/b9-6+/t22-,24+/m1/s1. The number of alkyl carbamates (subject to hydrolysis) is 1. The molecule has 2 N–H and O–H groups in total. The fraction of sp³-hybridized carbons (Fsp3) is 0.346. The normalized spacial score (nSPS) is 12.5. The second-order valence-electron chi connectivity index (χ2n) is 8.45. The Balaban J connectivity index is 1.97. The Kier molecular flexibility index (Phi) is 10.9. The lowest BCUT2D eigenvalue weighted by atomic mass is 10.0. The Labute approximate surface area is 204 Å². The van der Waals surface area contributed by atoms with Gasteiger partial charge in [-0.3, -0.25) is 14.9 Å². The summed E-state index contributed by atoms with van der Waals surface area (Å²) in [5.41, 5.74) is 1.64. The first-order valence-electron chi connectivity index (χ1n) is 11.4. The van der Waals surface area contributed by atoms with E-state index in [0.29, 0.717) is 24.8 Å². The van der Waals surface area contributed by atoms with Crippen LogP contribution in [0.1, 0.15) is 37.8 Å². The average Bonchev–Trinajstić information content (AvgIpc) is 2.84. The van der Waals surface area contributed by atoms with E-state index >= 15 is 0 Å². The van der Waals surface area contributed by atoms with Crippen LogP contribution in [-0.4, -0.2) is 29.0 Å². The molecule has 2 aromatic rings. The van der Waals surface area contributed by atoms with Crippen molar-refractivity contribution in [2.75, 3.05) is 0 Å². The van der Waals surface area contributed by atoms with Crippen LogP contribution in [0.15, 0.2) is 66.7 Å². The lowest BCUT2D eigenvalue weighted by molar-refractivity contribution is -0.384. The molecule has 0 saturated heterocycles. The maximum atomic E-state index is 13.0. The molecule has 0 aliphatic carbocycles. The van der Waals surface area contributed by atoms with E-state index in [1.54, 1.807) is 6.08 Å². The number of hydrogen-bond acceptors (Lipinski definition) is 6. The summed E-state index contributed by atoms with van der Waals surface area (Å²) in [5, 5.41) is 25.2. The van der Waals surface area contributed by atoms with E-state index in [4.69, 9.17) is 10.00 Å². The quantitative estimate of drug-likeness (QED) is 0.263. The first-order valence-corrected chi connectivity index (χ1v) is 11.4. The second-order valence-corrected chi connectivity index (χ2v) is 8.45. The molecule has 184 valence electrons. The van der Waals surface area contributed by atoms with E-state index < -0.39 is 17.1 Å². The number of non-ortho nitro benzene ring substituents is 1. The highest BCUT2D eigenvalue weighted by atomic mass is 16.6.